The van der Waals surface area contributed by atoms with Crippen molar-refractivity contribution in [2.75, 3.05) is 12.4 Å². The summed E-state index contributed by atoms with van der Waals surface area (Å²) in [6, 6.07) is 0. The molecule has 1 aromatic rings. The highest BCUT2D eigenvalue weighted by molar-refractivity contribution is 5.46. The molecule has 4 nitrogen and oxygen atoms in total. The lowest BCUT2D eigenvalue weighted by molar-refractivity contribution is 0.0459. The minimum absolute atomic E-state index is 0.321. The first-order valence-electron chi connectivity index (χ1n) is 7.42. The van der Waals surface area contributed by atoms with Crippen molar-refractivity contribution in [3.8, 4) is 0 Å². The fourth-order valence-corrected chi connectivity index (χ4v) is 2.36. The van der Waals surface area contributed by atoms with E-state index in [-0.39, 0.29) is 0 Å². The van der Waals surface area contributed by atoms with Crippen molar-refractivity contribution in [2.24, 2.45) is 7.05 Å². The van der Waals surface area contributed by atoms with Crippen LogP contribution in [0.1, 0.15) is 57.2 Å². The van der Waals surface area contributed by atoms with Crippen molar-refractivity contribution in [2.45, 2.75) is 65.6 Å². The Hall–Kier alpha value is -1.03. The first-order chi connectivity index (χ1) is 9.10. The molecule has 110 valence electrons. The lowest BCUT2D eigenvalue weighted by Crippen LogP contribution is -2.09. The number of hydrogen-bond acceptors (Lipinski definition) is 3. The third-order valence-corrected chi connectivity index (χ3v) is 3.56. The van der Waals surface area contributed by atoms with Crippen LogP contribution in [0.5, 0.6) is 0 Å². The Kier molecular flexibility index (Phi) is 6.92. The van der Waals surface area contributed by atoms with Gasteiger partial charge in [-0.3, -0.25) is 4.68 Å². The van der Waals surface area contributed by atoms with Gasteiger partial charge in [0, 0.05) is 19.7 Å². The van der Waals surface area contributed by atoms with Crippen LogP contribution in [0.4, 0.5) is 5.82 Å². The van der Waals surface area contributed by atoms with Gasteiger partial charge >= 0.3 is 0 Å². The molecule has 0 aliphatic rings. The second-order valence-corrected chi connectivity index (χ2v) is 5.26. The Morgan fingerprint density at radius 3 is 2.68 bits per heavy atom. The third kappa shape index (κ3) is 4.86. The van der Waals surface area contributed by atoms with E-state index in [2.05, 4.69) is 24.3 Å². The molecule has 1 heterocycles. The third-order valence-electron chi connectivity index (χ3n) is 3.56. The first kappa shape index (κ1) is 16.0. The maximum atomic E-state index is 5.95. The van der Waals surface area contributed by atoms with Crippen LogP contribution in [0.3, 0.4) is 0 Å². The molecular weight excluding hydrogens is 238 g/mol. The standard InChI is InChI=1S/C15H29N3O/c1-6-7-8-9-10-12(2)19-11-14-13(3)17-18(5)15(14)16-4/h12,16H,6-11H2,1-5H3. The van der Waals surface area contributed by atoms with Gasteiger partial charge < -0.3 is 10.1 Å². The Labute approximate surface area is 117 Å². The predicted octanol–water partition coefficient (Wildman–Crippen LogP) is 3.65. The molecule has 0 spiro atoms. The number of unbranched alkanes of at least 4 members (excludes halogenated alkanes) is 3. The highest BCUT2D eigenvalue weighted by atomic mass is 16.5. The van der Waals surface area contributed by atoms with E-state index >= 15 is 0 Å². The minimum atomic E-state index is 0.321. The molecule has 0 aliphatic heterocycles. The van der Waals surface area contributed by atoms with Gasteiger partial charge in [0.25, 0.3) is 0 Å². The molecule has 0 saturated carbocycles. The van der Waals surface area contributed by atoms with Crippen LogP contribution >= 0.6 is 0 Å². The van der Waals surface area contributed by atoms with Crippen molar-refractivity contribution in [3.05, 3.63) is 11.3 Å². The van der Waals surface area contributed by atoms with Crippen molar-refractivity contribution in [3.63, 3.8) is 0 Å². The lowest BCUT2D eigenvalue weighted by atomic mass is 10.1. The van der Waals surface area contributed by atoms with Gasteiger partial charge in [0.15, 0.2) is 0 Å². The van der Waals surface area contributed by atoms with Gasteiger partial charge in [0.1, 0.15) is 5.82 Å². The van der Waals surface area contributed by atoms with E-state index in [1.165, 1.54) is 31.2 Å². The normalized spacial score (nSPS) is 12.7. The average molecular weight is 267 g/mol. The van der Waals surface area contributed by atoms with Crippen LogP contribution in [0.15, 0.2) is 0 Å². The first-order valence-corrected chi connectivity index (χ1v) is 7.42. The molecule has 0 saturated heterocycles. The fraction of sp³-hybridized carbons (Fsp3) is 0.800. The van der Waals surface area contributed by atoms with Gasteiger partial charge in [0.2, 0.25) is 0 Å². The number of hydrogen-bond donors (Lipinski definition) is 1. The van der Waals surface area contributed by atoms with E-state index in [0.717, 1.165) is 17.9 Å². The molecule has 1 aromatic heterocycles. The molecular formula is C15H29N3O. The largest absolute Gasteiger partial charge is 0.374 e. The highest BCUT2D eigenvalue weighted by Gasteiger charge is 2.13. The molecule has 0 bridgehead atoms. The molecule has 0 aromatic carbocycles. The lowest BCUT2D eigenvalue weighted by Gasteiger charge is -2.13. The van der Waals surface area contributed by atoms with Gasteiger partial charge in [-0.2, -0.15) is 5.10 Å². The number of rotatable bonds is 9. The van der Waals surface area contributed by atoms with Gasteiger partial charge in [-0.25, -0.2) is 0 Å². The second-order valence-electron chi connectivity index (χ2n) is 5.26. The summed E-state index contributed by atoms with van der Waals surface area (Å²) in [7, 11) is 3.88. The maximum absolute atomic E-state index is 5.95. The second kappa shape index (κ2) is 8.20. The number of aryl methyl sites for hydroxylation is 2. The number of aromatic nitrogens is 2. The van der Waals surface area contributed by atoms with Crippen LogP contribution in [-0.2, 0) is 18.4 Å². The highest BCUT2D eigenvalue weighted by Crippen LogP contribution is 2.20. The Morgan fingerprint density at radius 2 is 2.05 bits per heavy atom. The zero-order valence-corrected chi connectivity index (χ0v) is 13.1. The Bertz CT molecular complexity index is 374. The van der Waals surface area contributed by atoms with E-state index < -0.39 is 0 Å². The number of anilines is 1. The summed E-state index contributed by atoms with van der Waals surface area (Å²) in [5.41, 5.74) is 2.22. The van der Waals surface area contributed by atoms with Gasteiger partial charge in [-0.15, -0.1) is 0 Å². The topological polar surface area (TPSA) is 39.1 Å². The van der Waals surface area contributed by atoms with Gasteiger partial charge in [0.05, 0.1) is 18.4 Å². The van der Waals surface area contributed by atoms with Crippen LogP contribution in [0, 0.1) is 6.92 Å². The van der Waals surface area contributed by atoms with Gasteiger partial charge in [-0.1, -0.05) is 32.6 Å². The SMILES string of the molecule is CCCCCCC(C)OCc1c(C)nn(C)c1NC. The molecule has 1 unspecified atom stereocenters. The van der Waals surface area contributed by atoms with Crippen LogP contribution in [0.25, 0.3) is 0 Å². The van der Waals surface area contributed by atoms with E-state index in [1.807, 2.05) is 25.7 Å². The molecule has 0 aliphatic carbocycles. The molecule has 0 fully saturated rings. The smallest absolute Gasteiger partial charge is 0.129 e. The van der Waals surface area contributed by atoms with Crippen LogP contribution in [0.2, 0.25) is 0 Å². The Morgan fingerprint density at radius 1 is 1.32 bits per heavy atom. The summed E-state index contributed by atoms with van der Waals surface area (Å²) in [6.45, 7) is 7.08. The van der Waals surface area contributed by atoms with E-state index in [4.69, 9.17) is 4.74 Å². The monoisotopic (exact) mass is 267 g/mol. The summed E-state index contributed by atoms with van der Waals surface area (Å²) in [5.74, 6) is 1.05. The van der Waals surface area contributed by atoms with Crippen molar-refractivity contribution < 1.29 is 4.74 Å². The summed E-state index contributed by atoms with van der Waals surface area (Å²) >= 11 is 0. The predicted molar refractivity (Wildman–Crippen MR) is 80.5 cm³/mol. The number of nitrogens with zero attached hydrogens (tertiary/aromatic N) is 2. The summed E-state index contributed by atoms with van der Waals surface area (Å²) in [5, 5.41) is 7.61. The molecule has 1 N–H and O–H groups in total. The average Bonchev–Trinajstić information content (AvgIpc) is 2.66. The molecule has 19 heavy (non-hydrogen) atoms. The maximum Gasteiger partial charge on any atom is 0.129 e. The van der Waals surface area contributed by atoms with Gasteiger partial charge in [-0.05, 0) is 20.3 Å². The van der Waals surface area contributed by atoms with Crippen molar-refractivity contribution in [1.29, 1.82) is 0 Å². The number of nitrogens with one attached hydrogen (secondary N) is 1. The molecule has 1 rings (SSSR count). The van der Waals surface area contributed by atoms with Crippen molar-refractivity contribution >= 4 is 5.82 Å². The molecule has 0 radical (unpaired) electrons. The van der Waals surface area contributed by atoms with Crippen LogP contribution < -0.4 is 5.32 Å². The fourth-order valence-electron chi connectivity index (χ4n) is 2.36. The Balaban J connectivity index is 2.39. The molecule has 1 atom stereocenters. The molecule has 0 amide bonds. The quantitative estimate of drug-likeness (QED) is 0.694. The van der Waals surface area contributed by atoms with E-state index in [9.17, 15) is 0 Å². The van der Waals surface area contributed by atoms with Crippen molar-refractivity contribution in [1.82, 2.24) is 9.78 Å². The summed E-state index contributed by atoms with van der Waals surface area (Å²) in [6.07, 6.45) is 6.67. The number of ether oxygens (including phenoxy) is 1. The summed E-state index contributed by atoms with van der Waals surface area (Å²) in [4.78, 5) is 0. The van der Waals surface area contributed by atoms with Crippen LogP contribution in [-0.4, -0.2) is 22.9 Å². The van der Waals surface area contributed by atoms with E-state index in [0.29, 0.717) is 12.7 Å². The molecule has 4 heteroatoms. The summed E-state index contributed by atoms with van der Waals surface area (Å²) < 4.78 is 7.83. The minimum Gasteiger partial charge on any atom is -0.374 e. The zero-order valence-electron chi connectivity index (χ0n) is 13.1. The van der Waals surface area contributed by atoms with E-state index in [1.54, 1.807) is 0 Å². The zero-order chi connectivity index (χ0) is 14.3.